The average molecular weight is 432 g/mol. The summed E-state index contributed by atoms with van der Waals surface area (Å²) in [4.78, 5) is 12.2. The van der Waals surface area contributed by atoms with E-state index in [1.807, 2.05) is 0 Å². The summed E-state index contributed by atoms with van der Waals surface area (Å²) in [6, 6.07) is 6.78. The molecule has 0 amide bonds. The molecule has 0 saturated heterocycles. The van der Waals surface area contributed by atoms with E-state index in [0.717, 1.165) is 27.6 Å². The van der Waals surface area contributed by atoms with Crippen molar-refractivity contribution in [3.05, 3.63) is 63.6 Å². The zero-order valence-electron chi connectivity index (χ0n) is 14.7. The fraction of sp³-hybridized carbons (Fsp3) is 0.235. The van der Waals surface area contributed by atoms with E-state index in [0.29, 0.717) is 0 Å². The highest BCUT2D eigenvalue weighted by molar-refractivity contribution is 7.80. The van der Waals surface area contributed by atoms with Gasteiger partial charge < -0.3 is 4.74 Å². The number of benzene rings is 2. The molecule has 12 heteroatoms. The first-order valence-electron chi connectivity index (χ1n) is 8.02. The minimum atomic E-state index is -4.74. The molecule has 0 unspecified atom stereocenters. The molecule has 0 saturated carbocycles. The van der Waals surface area contributed by atoms with E-state index in [9.17, 15) is 26.7 Å². The molecule has 2 aromatic carbocycles. The molecule has 0 atom stereocenters. The second-order valence-electron chi connectivity index (χ2n) is 5.91. The van der Waals surface area contributed by atoms with E-state index in [1.54, 1.807) is 0 Å². The Bertz CT molecular complexity index is 1090. The van der Waals surface area contributed by atoms with Crippen LogP contribution in [-0.2, 0) is 19.8 Å². The normalized spacial score (nSPS) is 11.9. The molecule has 154 valence electrons. The van der Waals surface area contributed by atoms with Gasteiger partial charge >= 0.3 is 11.9 Å². The molecule has 3 aromatic rings. The van der Waals surface area contributed by atoms with Crippen molar-refractivity contribution in [1.29, 1.82) is 0 Å². The standard InChI is InChI=1S/C17H13F5N4O2S/c1-25-16(27)26(24-23-25)13-4-2-3-10(15(18)19)11(13)8-28-14-6-5-9(29)7-12(14)17(20,21)22/h2-7,15,29H,8H2,1H3. The Balaban J connectivity index is 2.06. The number of aromatic nitrogens is 4. The van der Waals surface area contributed by atoms with Crippen molar-refractivity contribution in [2.24, 2.45) is 7.05 Å². The number of rotatable bonds is 5. The first-order valence-corrected chi connectivity index (χ1v) is 8.46. The van der Waals surface area contributed by atoms with Crippen LogP contribution in [-0.4, -0.2) is 19.8 Å². The lowest BCUT2D eigenvalue weighted by Gasteiger charge is -2.17. The molecule has 0 radical (unpaired) electrons. The van der Waals surface area contributed by atoms with E-state index in [-0.39, 0.29) is 16.1 Å². The number of aryl methyl sites for hydroxylation is 1. The number of ether oxygens (including phenoxy) is 1. The largest absolute Gasteiger partial charge is 0.488 e. The Morgan fingerprint density at radius 1 is 1.17 bits per heavy atom. The quantitative estimate of drug-likeness (QED) is 0.492. The van der Waals surface area contributed by atoms with E-state index in [1.165, 1.54) is 25.2 Å². The minimum absolute atomic E-state index is 0.0597. The number of thiol groups is 1. The summed E-state index contributed by atoms with van der Waals surface area (Å²) in [5.74, 6) is -0.559. The molecular formula is C17H13F5N4O2S. The fourth-order valence-electron chi connectivity index (χ4n) is 2.63. The topological polar surface area (TPSA) is 61.9 Å². The molecule has 0 aliphatic heterocycles. The first-order chi connectivity index (χ1) is 13.6. The second-order valence-corrected chi connectivity index (χ2v) is 6.43. The maximum atomic E-state index is 13.5. The molecule has 1 heterocycles. The lowest BCUT2D eigenvalue weighted by molar-refractivity contribution is -0.139. The SMILES string of the molecule is Cn1nnn(-c2cccc(C(F)F)c2COc2ccc(S)cc2C(F)(F)F)c1=O. The molecule has 1 aromatic heterocycles. The molecular weight excluding hydrogens is 419 g/mol. The van der Waals surface area contributed by atoms with Crippen molar-refractivity contribution in [3.63, 3.8) is 0 Å². The van der Waals surface area contributed by atoms with Crippen molar-refractivity contribution in [2.75, 3.05) is 0 Å². The van der Waals surface area contributed by atoms with Gasteiger partial charge in [-0.05, 0) is 34.7 Å². The first kappa shape index (κ1) is 20.8. The summed E-state index contributed by atoms with van der Waals surface area (Å²) in [6.07, 6.45) is -7.69. The molecule has 0 spiro atoms. The van der Waals surface area contributed by atoms with Crippen LogP contribution in [0.1, 0.15) is 23.1 Å². The summed E-state index contributed by atoms with van der Waals surface area (Å²) >= 11 is 3.88. The number of hydrogen-bond acceptors (Lipinski definition) is 5. The van der Waals surface area contributed by atoms with Crippen LogP contribution in [0.3, 0.4) is 0 Å². The molecule has 0 bridgehead atoms. The molecule has 29 heavy (non-hydrogen) atoms. The van der Waals surface area contributed by atoms with Gasteiger partial charge in [0, 0.05) is 23.1 Å². The third-order valence-corrected chi connectivity index (χ3v) is 4.29. The molecule has 0 fully saturated rings. The van der Waals surface area contributed by atoms with Crippen molar-refractivity contribution >= 4 is 12.6 Å². The van der Waals surface area contributed by atoms with Gasteiger partial charge in [-0.2, -0.15) is 22.5 Å². The third-order valence-electron chi connectivity index (χ3n) is 4.01. The van der Waals surface area contributed by atoms with Gasteiger partial charge in [-0.3, -0.25) is 0 Å². The minimum Gasteiger partial charge on any atom is -0.488 e. The number of nitrogens with zero attached hydrogens (tertiary/aromatic N) is 4. The summed E-state index contributed by atoms with van der Waals surface area (Å²) in [5.41, 5.74) is -2.57. The number of hydrogen-bond donors (Lipinski definition) is 1. The number of alkyl halides is 5. The van der Waals surface area contributed by atoms with Gasteiger partial charge in [0.25, 0.3) is 6.43 Å². The number of tetrazole rings is 1. The highest BCUT2D eigenvalue weighted by Crippen LogP contribution is 2.38. The van der Waals surface area contributed by atoms with E-state index in [4.69, 9.17) is 4.74 Å². The van der Waals surface area contributed by atoms with Gasteiger partial charge in [0.05, 0.1) is 11.3 Å². The van der Waals surface area contributed by atoms with Gasteiger partial charge in [0.15, 0.2) is 0 Å². The smallest absolute Gasteiger partial charge is 0.420 e. The molecule has 0 aliphatic rings. The summed E-state index contributed by atoms with van der Waals surface area (Å²) in [7, 11) is 1.31. The molecule has 3 rings (SSSR count). The van der Waals surface area contributed by atoms with E-state index < -0.39 is 41.8 Å². The lowest BCUT2D eigenvalue weighted by Crippen LogP contribution is -2.23. The zero-order valence-corrected chi connectivity index (χ0v) is 15.6. The Morgan fingerprint density at radius 3 is 2.48 bits per heavy atom. The van der Waals surface area contributed by atoms with Crippen LogP contribution in [0.25, 0.3) is 5.69 Å². The van der Waals surface area contributed by atoms with Crippen LogP contribution in [0.5, 0.6) is 5.75 Å². The highest BCUT2D eigenvalue weighted by atomic mass is 32.1. The Kier molecular flexibility index (Phi) is 5.64. The van der Waals surface area contributed by atoms with Crippen molar-refractivity contribution in [3.8, 4) is 11.4 Å². The predicted octanol–water partition coefficient (Wildman–Crippen LogP) is 3.79. The van der Waals surface area contributed by atoms with Gasteiger partial charge in [0.2, 0.25) is 0 Å². The van der Waals surface area contributed by atoms with Crippen molar-refractivity contribution in [1.82, 2.24) is 19.8 Å². The van der Waals surface area contributed by atoms with Crippen LogP contribution in [0, 0.1) is 0 Å². The molecule has 0 N–H and O–H groups in total. The Labute approximate surface area is 165 Å². The van der Waals surface area contributed by atoms with Crippen LogP contribution >= 0.6 is 12.6 Å². The van der Waals surface area contributed by atoms with Crippen molar-refractivity contribution < 1.29 is 26.7 Å². The van der Waals surface area contributed by atoms with Gasteiger partial charge in [-0.25, -0.2) is 13.6 Å². The number of halogens is 5. The van der Waals surface area contributed by atoms with E-state index >= 15 is 0 Å². The van der Waals surface area contributed by atoms with Crippen LogP contribution in [0.15, 0.2) is 46.1 Å². The van der Waals surface area contributed by atoms with Crippen LogP contribution in [0.4, 0.5) is 22.0 Å². The summed E-state index contributed by atoms with van der Waals surface area (Å²) < 4.78 is 73.7. The molecule has 0 aliphatic carbocycles. The fourth-order valence-corrected chi connectivity index (χ4v) is 2.84. The third kappa shape index (κ3) is 4.26. The predicted molar refractivity (Wildman–Crippen MR) is 94.6 cm³/mol. The van der Waals surface area contributed by atoms with Crippen molar-refractivity contribution in [2.45, 2.75) is 24.1 Å². The van der Waals surface area contributed by atoms with Crippen LogP contribution < -0.4 is 10.4 Å². The van der Waals surface area contributed by atoms with Gasteiger partial charge in [-0.15, -0.1) is 12.6 Å². The summed E-state index contributed by atoms with van der Waals surface area (Å²) in [5, 5.41) is 7.11. The summed E-state index contributed by atoms with van der Waals surface area (Å²) in [6.45, 7) is -0.659. The van der Waals surface area contributed by atoms with Crippen LogP contribution in [0.2, 0.25) is 0 Å². The Morgan fingerprint density at radius 2 is 1.90 bits per heavy atom. The molecule has 6 nitrogen and oxygen atoms in total. The lowest BCUT2D eigenvalue weighted by atomic mass is 10.1. The monoisotopic (exact) mass is 432 g/mol. The maximum Gasteiger partial charge on any atom is 0.420 e. The highest BCUT2D eigenvalue weighted by Gasteiger charge is 2.34. The zero-order chi connectivity index (χ0) is 21.3. The second kappa shape index (κ2) is 7.85. The van der Waals surface area contributed by atoms with E-state index in [2.05, 4.69) is 23.1 Å². The Hall–Kier alpha value is -2.89. The van der Waals surface area contributed by atoms with Gasteiger partial charge in [0.1, 0.15) is 12.4 Å². The average Bonchev–Trinajstić information content (AvgIpc) is 2.98. The maximum absolute atomic E-state index is 13.5. The van der Waals surface area contributed by atoms with Gasteiger partial charge in [-0.1, -0.05) is 12.1 Å².